The number of ether oxygens (including phenoxy) is 2. The number of benzene rings is 1. The fraction of sp³-hybridized carbons (Fsp3) is 0.455. The topological polar surface area (TPSA) is 18.5 Å². The summed E-state index contributed by atoms with van der Waals surface area (Å²) in [5.74, 6) is 2.21. The molecule has 0 amide bonds. The molecule has 0 N–H and O–H groups in total. The molecule has 0 aromatic heterocycles. The third-order valence-electron chi connectivity index (χ3n) is 2.06. The van der Waals surface area contributed by atoms with Gasteiger partial charge in [0, 0.05) is 6.07 Å². The first kappa shape index (κ1) is 9.90. The van der Waals surface area contributed by atoms with Gasteiger partial charge in [-0.1, -0.05) is 19.9 Å². The predicted octanol–water partition coefficient (Wildman–Crippen LogP) is 2.83. The summed E-state index contributed by atoms with van der Waals surface area (Å²) in [5, 5.41) is 0. The molecule has 13 heavy (non-hydrogen) atoms. The summed E-state index contributed by atoms with van der Waals surface area (Å²) in [5.41, 5.74) is 1.21. The van der Waals surface area contributed by atoms with Crippen molar-refractivity contribution in [1.29, 1.82) is 0 Å². The van der Waals surface area contributed by atoms with Crippen molar-refractivity contribution in [2.24, 2.45) is 0 Å². The standard InChI is InChI=1S/C11H16O2/c1-8(2)10-6-5-9(12-3)7-11(10)13-4/h5-8H,1-4H3. The van der Waals surface area contributed by atoms with Crippen LogP contribution in [0.1, 0.15) is 25.3 Å². The second-order valence-electron chi connectivity index (χ2n) is 3.26. The summed E-state index contributed by atoms with van der Waals surface area (Å²) in [7, 11) is 3.34. The Balaban J connectivity index is 3.08. The maximum absolute atomic E-state index is 5.27. The Hall–Kier alpha value is -1.18. The number of hydrogen-bond acceptors (Lipinski definition) is 2. The van der Waals surface area contributed by atoms with Gasteiger partial charge in [-0.25, -0.2) is 0 Å². The lowest BCUT2D eigenvalue weighted by Crippen LogP contribution is -1.94. The highest BCUT2D eigenvalue weighted by molar-refractivity contribution is 5.42. The minimum Gasteiger partial charge on any atom is -0.497 e. The third-order valence-corrected chi connectivity index (χ3v) is 2.06. The van der Waals surface area contributed by atoms with Gasteiger partial charge < -0.3 is 9.47 Å². The van der Waals surface area contributed by atoms with Crippen molar-refractivity contribution >= 4 is 0 Å². The van der Waals surface area contributed by atoms with Gasteiger partial charge in [0.15, 0.2) is 0 Å². The average Bonchev–Trinajstić information content (AvgIpc) is 2.16. The van der Waals surface area contributed by atoms with Crippen LogP contribution in [0.25, 0.3) is 0 Å². The van der Waals surface area contributed by atoms with E-state index in [1.807, 2.05) is 18.2 Å². The quantitative estimate of drug-likeness (QED) is 0.712. The van der Waals surface area contributed by atoms with Crippen LogP contribution in [0.3, 0.4) is 0 Å². The van der Waals surface area contributed by atoms with Crippen molar-refractivity contribution in [3.63, 3.8) is 0 Å². The maximum Gasteiger partial charge on any atom is 0.126 e. The number of methoxy groups -OCH3 is 2. The number of rotatable bonds is 3. The van der Waals surface area contributed by atoms with Crippen molar-refractivity contribution in [2.45, 2.75) is 19.8 Å². The Morgan fingerprint density at radius 2 is 1.77 bits per heavy atom. The minimum atomic E-state index is 0.473. The molecule has 1 rings (SSSR count). The highest BCUT2D eigenvalue weighted by atomic mass is 16.5. The molecular formula is C11H16O2. The van der Waals surface area contributed by atoms with Crippen molar-refractivity contribution < 1.29 is 9.47 Å². The van der Waals surface area contributed by atoms with Gasteiger partial charge >= 0.3 is 0 Å². The van der Waals surface area contributed by atoms with Crippen LogP contribution in [-0.4, -0.2) is 14.2 Å². The van der Waals surface area contributed by atoms with Crippen LogP contribution >= 0.6 is 0 Å². The highest BCUT2D eigenvalue weighted by Gasteiger charge is 2.07. The molecule has 72 valence electrons. The maximum atomic E-state index is 5.27. The van der Waals surface area contributed by atoms with Gasteiger partial charge in [0.25, 0.3) is 0 Å². The monoisotopic (exact) mass is 180 g/mol. The lowest BCUT2D eigenvalue weighted by Gasteiger charge is -2.12. The van der Waals surface area contributed by atoms with E-state index in [1.165, 1.54) is 5.56 Å². The Labute approximate surface area is 79.5 Å². The Bertz CT molecular complexity index is 279. The summed E-state index contributed by atoms with van der Waals surface area (Å²) in [6, 6.07) is 5.91. The third kappa shape index (κ3) is 2.14. The zero-order chi connectivity index (χ0) is 9.84. The Morgan fingerprint density at radius 1 is 1.08 bits per heavy atom. The predicted molar refractivity (Wildman–Crippen MR) is 53.6 cm³/mol. The van der Waals surface area contributed by atoms with Gasteiger partial charge in [-0.2, -0.15) is 0 Å². The summed E-state index contributed by atoms with van der Waals surface area (Å²) in [4.78, 5) is 0. The molecule has 0 radical (unpaired) electrons. The molecule has 0 bridgehead atoms. The van der Waals surface area contributed by atoms with Gasteiger partial charge in [-0.05, 0) is 17.5 Å². The molecule has 0 heterocycles. The van der Waals surface area contributed by atoms with Crippen molar-refractivity contribution in [1.82, 2.24) is 0 Å². The molecule has 0 spiro atoms. The van der Waals surface area contributed by atoms with E-state index in [-0.39, 0.29) is 0 Å². The van der Waals surface area contributed by atoms with Crippen molar-refractivity contribution in [3.8, 4) is 11.5 Å². The zero-order valence-corrected chi connectivity index (χ0v) is 8.63. The van der Waals surface area contributed by atoms with E-state index in [9.17, 15) is 0 Å². The number of hydrogen-bond donors (Lipinski definition) is 0. The van der Waals surface area contributed by atoms with Crippen LogP contribution in [0.5, 0.6) is 11.5 Å². The summed E-state index contributed by atoms with van der Waals surface area (Å²) in [6.45, 7) is 4.29. The van der Waals surface area contributed by atoms with E-state index in [1.54, 1.807) is 14.2 Å². The van der Waals surface area contributed by atoms with Crippen LogP contribution in [0.15, 0.2) is 18.2 Å². The molecule has 0 aliphatic heterocycles. The molecule has 0 fully saturated rings. The van der Waals surface area contributed by atoms with Crippen molar-refractivity contribution in [3.05, 3.63) is 23.8 Å². The smallest absolute Gasteiger partial charge is 0.126 e. The second kappa shape index (κ2) is 4.17. The first-order valence-corrected chi connectivity index (χ1v) is 4.41. The Kier molecular flexibility index (Phi) is 3.18. The van der Waals surface area contributed by atoms with E-state index in [0.29, 0.717) is 5.92 Å². The molecule has 2 nitrogen and oxygen atoms in total. The van der Waals surface area contributed by atoms with Crippen LogP contribution in [0, 0.1) is 0 Å². The van der Waals surface area contributed by atoms with Gasteiger partial charge in [0.05, 0.1) is 14.2 Å². The summed E-state index contributed by atoms with van der Waals surface area (Å²) >= 11 is 0. The van der Waals surface area contributed by atoms with Gasteiger partial charge in [-0.15, -0.1) is 0 Å². The molecule has 0 aliphatic rings. The fourth-order valence-electron chi connectivity index (χ4n) is 1.30. The molecular weight excluding hydrogens is 164 g/mol. The SMILES string of the molecule is COc1ccc(C(C)C)c(OC)c1. The lowest BCUT2D eigenvalue weighted by molar-refractivity contribution is 0.389. The van der Waals surface area contributed by atoms with Crippen molar-refractivity contribution in [2.75, 3.05) is 14.2 Å². The molecule has 2 heteroatoms. The van der Waals surface area contributed by atoms with Gasteiger partial charge in [-0.3, -0.25) is 0 Å². The van der Waals surface area contributed by atoms with Crippen LogP contribution in [-0.2, 0) is 0 Å². The van der Waals surface area contributed by atoms with Gasteiger partial charge in [0.2, 0.25) is 0 Å². The normalized spacial score (nSPS) is 10.2. The minimum absolute atomic E-state index is 0.473. The average molecular weight is 180 g/mol. The van der Waals surface area contributed by atoms with E-state index in [4.69, 9.17) is 9.47 Å². The van der Waals surface area contributed by atoms with Gasteiger partial charge in [0.1, 0.15) is 11.5 Å². The van der Waals surface area contributed by atoms with E-state index >= 15 is 0 Å². The summed E-state index contributed by atoms with van der Waals surface area (Å²) < 4.78 is 10.4. The van der Waals surface area contributed by atoms with E-state index in [0.717, 1.165) is 11.5 Å². The molecule has 1 aromatic rings. The second-order valence-corrected chi connectivity index (χ2v) is 3.26. The first-order chi connectivity index (χ1) is 6.19. The van der Waals surface area contributed by atoms with Crippen LogP contribution in [0.2, 0.25) is 0 Å². The Morgan fingerprint density at radius 3 is 2.23 bits per heavy atom. The first-order valence-electron chi connectivity index (χ1n) is 4.41. The molecule has 0 aliphatic carbocycles. The van der Waals surface area contributed by atoms with Crippen LogP contribution in [0.4, 0.5) is 0 Å². The molecule has 0 unspecified atom stereocenters. The van der Waals surface area contributed by atoms with E-state index in [2.05, 4.69) is 13.8 Å². The fourth-order valence-corrected chi connectivity index (χ4v) is 1.30. The summed E-state index contributed by atoms with van der Waals surface area (Å²) in [6.07, 6.45) is 0. The lowest BCUT2D eigenvalue weighted by atomic mass is 10.0. The zero-order valence-electron chi connectivity index (χ0n) is 8.63. The molecule has 1 aromatic carbocycles. The van der Waals surface area contributed by atoms with Crippen LogP contribution < -0.4 is 9.47 Å². The highest BCUT2D eigenvalue weighted by Crippen LogP contribution is 2.29. The molecule has 0 saturated heterocycles. The largest absolute Gasteiger partial charge is 0.497 e. The molecule has 0 saturated carbocycles. The molecule has 0 atom stereocenters. The van der Waals surface area contributed by atoms with E-state index < -0.39 is 0 Å².